The smallest absolute Gasteiger partial charge is 0.258 e. The van der Waals surface area contributed by atoms with E-state index in [1.807, 2.05) is 0 Å². The summed E-state index contributed by atoms with van der Waals surface area (Å²) in [6.45, 7) is -0.787. The lowest BCUT2D eigenvalue weighted by molar-refractivity contribution is 0.293. The summed E-state index contributed by atoms with van der Waals surface area (Å²) < 4.78 is 35.1. The van der Waals surface area contributed by atoms with Crippen LogP contribution in [0.3, 0.4) is 0 Å². The van der Waals surface area contributed by atoms with E-state index in [4.69, 9.17) is 0 Å². The third-order valence-corrected chi connectivity index (χ3v) is 1.02. The van der Waals surface area contributed by atoms with Crippen LogP contribution in [0.5, 0.6) is 0 Å². The van der Waals surface area contributed by atoms with Crippen LogP contribution in [-0.2, 0) is 14.5 Å². The number of alkyl halides is 1. The third kappa shape index (κ3) is 7.80. The maximum atomic E-state index is 11.3. The molecule has 0 saturated carbocycles. The van der Waals surface area contributed by atoms with E-state index < -0.39 is 17.0 Å². The van der Waals surface area contributed by atoms with Gasteiger partial charge in [-0.05, 0) is 0 Å². The number of halogens is 1. The minimum absolute atomic E-state index is 0.0520. The minimum Gasteiger partial charge on any atom is -0.258 e. The van der Waals surface area contributed by atoms with Crippen molar-refractivity contribution in [2.24, 2.45) is 5.14 Å². The van der Waals surface area contributed by atoms with E-state index in [0.29, 0.717) is 0 Å². The lowest BCUT2D eigenvalue weighted by atomic mass is 10.5. The monoisotopic (exact) mass is 157 g/mol. The highest BCUT2D eigenvalue weighted by Crippen LogP contribution is 1.86. The molecule has 6 heteroatoms. The highest BCUT2D eigenvalue weighted by molar-refractivity contribution is 7.84. The SMILES string of the molecule is NS(=O)(=O)OCCCF. The zero-order chi connectivity index (χ0) is 7.33. The second-order valence-corrected chi connectivity index (χ2v) is 2.58. The fourth-order valence-corrected chi connectivity index (χ4v) is 0.580. The van der Waals surface area contributed by atoms with Crippen LogP contribution in [0.15, 0.2) is 0 Å². The topological polar surface area (TPSA) is 69.4 Å². The summed E-state index contributed by atoms with van der Waals surface area (Å²) in [4.78, 5) is 0. The number of rotatable bonds is 4. The van der Waals surface area contributed by atoms with Crippen molar-refractivity contribution in [3.63, 3.8) is 0 Å². The first kappa shape index (κ1) is 8.80. The predicted octanol–water partition coefficient (Wildman–Crippen LogP) is -0.434. The predicted molar refractivity (Wildman–Crippen MR) is 29.7 cm³/mol. The second kappa shape index (κ2) is 3.76. The number of nitrogens with two attached hydrogens (primary N) is 1. The van der Waals surface area contributed by atoms with Gasteiger partial charge in [0.1, 0.15) is 0 Å². The van der Waals surface area contributed by atoms with Crippen LogP contribution in [0.1, 0.15) is 6.42 Å². The Balaban J connectivity index is 3.30. The molecule has 0 aromatic carbocycles. The van der Waals surface area contributed by atoms with Crippen molar-refractivity contribution < 1.29 is 17.0 Å². The van der Waals surface area contributed by atoms with Crippen LogP contribution >= 0.6 is 0 Å². The largest absolute Gasteiger partial charge is 0.333 e. The van der Waals surface area contributed by atoms with Crippen LogP contribution in [-0.4, -0.2) is 21.7 Å². The van der Waals surface area contributed by atoms with Gasteiger partial charge in [-0.25, -0.2) is 5.14 Å². The van der Waals surface area contributed by atoms with E-state index in [9.17, 15) is 12.8 Å². The maximum Gasteiger partial charge on any atom is 0.333 e. The first-order valence-corrected chi connectivity index (χ1v) is 3.76. The summed E-state index contributed by atoms with van der Waals surface area (Å²) in [5.41, 5.74) is 0. The third-order valence-electron chi connectivity index (χ3n) is 0.526. The Morgan fingerprint density at radius 1 is 1.56 bits per heavy atom. The van der Waals surface area contributed by atoms with Gasteiger partial charge in [-0.15, -0.1) is 0 Å². The Hall–Kier alpha value is -0.200. The minimum atomic E-state index is -3.86. The van der Waals surface area contributed by atoms with Gasteiger partial charge in [-0.3, -0.25) is 8.57 Å². The molecule has 4 nitrogen and oxygen atoms in total. The number of hydrogen-bond acceptors (Lipinski definition) is 3. The Morgan fingerprint density at radius 3 is 2.44 bits per heavy atom. The number of hydrogen-bond donors (Lipinski definition) is 1. The maximum absolute atomic E-state index is 11.3. The Morgan fingerprint density at radius 2 is 2.11 bits per heavy atom. The van der Waals surface area contributed by atoms with E-state index >= 15 is 0 Å². The van der Waals surface area contributed by atoms with Crippen LogP contribution in [0.4, 0.5) is 4.39 Å². The summed E-state index contributed by atoms with van der Waals surface area (Å²) in [7, 11) is -3.86. The van der Waals surface area contributed by atoms with Crippen molar-refractivity contribution in [3.8, 4) is 0 Å². The summed E-state index contributed by atoms with van der Waals surface area (Å²) in [5, 5.41) is 4.40. The van der Waals surface area contributed by atoms with Gasteiger partial charge in [0, 0.05) is 6.42 Å². The molecule has 0 amide bonds. The lowest BCUT2D eigenvalue weighted by Crippen LogP contribution is -2.16. The normalized spacial score (nSPS) is 11.8. The first-order valence-electron chi connectivity index (χ1n) is 2.29. The van der Waals surface area contributed by atoms with Gasteiger partial charge in [0.05, 0.1) is 13.3 Å². The molecular formula is C3H8FNO3S. The van der Waals surface area contributed by atoms with E-state index in [2.05, 4.69) is 9.32 Å². The highest BCUT2D eigenvalue weighted by atomic mass is 32.2. The molecule has 0 fully saturated rings. The molecule has 0 aliphatic carbocycles. The molecule has 2 N–H and O–H groups in total. The van der Waals surface area contributed by atoms with Crippen LogP contribution in [0, 0.1) is 0 Å². The molecule has 0 aliphatic rings. The van der Waals surface area contributed by atoms with E-state index in [0.717, 1.165) is 0 Å². The Kier molecular flexibility index (Phi) is 3.67. The molecule has 56 valence electrons. The van der Waals surface area contributed by atoms with Crippen molar-refractivity contribution in [2.75, 3.05) is 13.3 Å². The van der Waals surface area contributed by atoms with Crippen LogP contribution in [0.2, 0.25) is 0 Å². The molecule has 0 aliphatic heterocycles. The van der Waals surface area contributed by atoms with E-state index in [1.165, 1.54) is 0 Å². The molecule has 0 bridgehead atoms. The average molecular weight is 157 g/mol. The second-order valence-electron chi connectivity index (χ2n) is 1.36. The van der Waals surface area contributed by atoms with Crippen molar-refractivity contribution in [3.05, 3.63) is 0 Å². The van der Waals surface area contributed by atoms with E-state index in [1.54, 1.807) is 0 Å². The summed E-state index contributed by atoms with van der Waals surface area (Å²) in [6.07, 6.45) is 0.0520. The van der Waals surface area contributed by atoms with Crippen LogP contribution in [0.25, 0.3) is 0 Å². The van der Waals surface area contributed by atoms with Gasteiger partial charge in [-0.1, -0.05) is 0 Å². The highest BCUT2D eigenvalue weighted by Gasteiger charge is 1.99. The molecule has 0 aromatic heterocycles. The molecule has 0 spiro atoms. The van der Waals surface area contributed by atoms with Gasteiger partial charge in [0.15, 0.2) is 0 Å². The van der Waals surface area contributed by atoms with Crippen molar-refractivity contribution in [2.45, 2.75) is 6.42 Å². The van der Waals surface area contributed by atoms with Crippen LogP contribution < -0.4 is 5.14 Å². The molecule has 0 saturated heterocycles. The van der Waals surface area contributed by atoms with Crippen molar-refractivity contribution >= 4 is 10.3 Å². The molecule has 0 radical (unpaired) electrons. The Labute approximate surface area is 53.1 Å². The fourth-order valence-electron chi connectivity index (χ4n) is 0.230. The van der Waals surface area contributed by atoms with Crippen molar-refractivity contribution in [1.29, 1.82) is 0 Å². The van der Waals surface area contributed by atoms with Crippen molar-refractivity contribution in [1.82, 2.24) is 0 Å². The Bertz CT molecular complexity index is 154. The molecule has 0 aromatic rings. The van der Waals surface area contributed by atoms with Gasteiger partial charge in [-0.2, -0.15) is 8.42 Å². The van der Waals surface area contributed by atoms with Gasteiger partial charge >= 0.3 is 10.3 Å². The zero-order valence-electron chi connectivity index (χ0n) is 4.71. The fraction of sp³-hybridized carbons (Fsp3) is 1.00. The molecular weight excluding hydrogens is 149 g/mol. The van der Waals surface area contributed by atoms with Gasteiger partial charge < -0.3 is 0 Å². The van der Waals surface area contributed by atoms with Gasteiger partial charge in [0.2, 0.25) is 0 Å². The lowest BCUT2D eigenvalue weighted by Gasteiger charge is -1.95. The molecule has 0 atom stereocenters. The molecule has 0 rings (SSSR count). The average Bonchev–Trinajstić information content (AvgIpc) is 1.63. The quantitative estimate of drug-likeness (QED) is 0.563. The summed E-state index contributed by atoms with van der Waals surface area (Å²) in [5.74, 6) is 0. The molecule has 0 unspecified atom stereocenters. The van der Waals surface area contributed by atoms with Gasteiger partial charge in [0.25, 0.3) is 0 Å². The summed E-state index contributed by atoms with van der Waals surface area (Å²) >= 11 is 0. The summed E-state index contributed by atoms with van der Waals surface area (Å²) in [6, 6.07) is 0. The standard InChI is InChI=1S/C3H8FNO3S/c4-2-1-3-8-9(5,6)7/h1-3H2,(H2,5,6,7). The molecule has 0 heterocycles. The van der Waals surface area contributed by atoms with E-state index in [-0.39, 0.29) is 13.0 Å². The molecule has 9 heavy (non-hydrogen) atoms. The first-order chi connectivity index (χ1) is 4.06. The zero-order valence-corrected chi connectivity index (χ0v) is 5.53.